The number of rotatable bonds is 4. The molecule has 0 saturated carbocycles. The minimum Gasteiger partial charge on any atom is -0.306 e. The Balaban J connectivity index is 2.52. The molecule has 0 saturated heterocycles. The van der Waals surface area contributed by atoms with Crippen molar-refractivity contribution in [2.45, 2.75) is 13.0 Å². The Morgan fingerprint density at radius 2 is 1.95 bits per heavy atom. The molecule has 1 unspecified atom stereocenters. The van der Waals surface area contributed by atoms with Crippen LogP contribution in [-0.4, -0.2) is 6.54 Å². The number of hydrogen-bond acceptors (Lipinski definition) is 1. The van der Waals surface area contributed by atoms with Crippen LogP contribution in [0.1, 0.15) is 24.1 Å². The van der Waals surface area contributed by atoms with E-state index in [4.69, 9.17) is 23.2 Å². The van der Waals surface area contributed by atoms with Crippen molar-refractivity contribution in [2.75, 3.05) is 6.54 Å². The summed E-state index contributed by atoms with van der Waals surface area (Å²) in [6.07, 6.45) is 0. The van der Waals surface area contributed by atoms with Gasteiger partial charge in [-0.15, -0.1) is 0 Å². The Bertz CT molecular complexity index is 599. The number of benzene rings is 2. The molecule has 0 aliphatic rings. The molecule has 2 aromatic rings. The lowest BCUT2D eigenvalue weighted by Crippen LogP contribution is -2.22. The van der Waals surface area contributed by atoms with Crippen LogP contribution < -0.4 is 5.32 Å². The first-order valence-corrected chi connectivity index (χ1v) is 7.70. The SMILES string of the molecule is CCNC(c1cc(Cl)cc(Br)c1)c1cc(F)ccc1Cl. The Kier molecular flexibility index (Phi) is 5.44. The first kappa shape index (κ1) is 15.8. The van der Waals surface area contributed by atoms with Crippen LogP contribution in [0.5, 0.6) is 0 Å². The van der Waals surface area contributed by atoms with E-state index in [0.717, 1.165) is 16.6 Å². The van der Waals surface area contributed by atoms with Crippen molar-refractivity contribution >= 4 is 39.1 Å². The van der Waals surface area contributed by atoms with Gasteiger partial charge in [0.2, 0.25) is 0 Å². The zero-order chi connectivity index (χ0) is 14.7. The fraction of sp³-hybridized carbons (Fsp3) is 0.200. The Morgan fingerprint density at radius 1 is 1.20 bits per heavy atom. The van der Waals surface area contributed by atoms with Crippen LogP contribution in [0.15, 0.2) is 40.9 Å². The van der Waals surface area contributed by atoms with Crippen LogP contribution in [0.2, 0.25) is 10.0 Å². The summed E-state index contributed by atoms with van der Waals surface area (Å²) in [5, 5.41) is 4.44. The molecule has 0 fully saturated rings. The highest BCUT2D eigenvalue weighted by atomic mass is 79.9. The number of nitrogens with one attached hydrogen (secondary N) is 1. The molecule has 2 rings (SSSR count). The van der Waals surface area contributed by atoms with Crippen LogP contribution >= 0.6 is 39.1 Å². The molecule has 20 heavy (non-hydrogen) atoms. The Morgan fingerprint density at radius 3 is 2.60 bits per heavy atom. The molecule has 1 nitrogen and oxygen atoms in total. The van der Waals surface area contributed by atoms with E-state index >= 15 is 0 Å². The van der Waals surface area contributed by atoms with E-state index in [1.807, 2.05) is 19.1 Å². The second kappa shape index (κ2) is 6.90. The van der Waals surface area contributed by atoms with Gasteiger partial charge < -0.3 is 5.32 Å². The Hall–Kier alpha value is -0.610. The van der Waals surface area contributed by atoms with E-state index < -0.39 is 0 Å². The summed E-state index contributed by atoms with van der Waals surface area (Å²) >= 11 is 15.7. The average Bonchev–Trinajstić information content (AvgIpc) is 2.38. The lowest BCUT2D eigenvalue weighted by molar-refractivity contribution is 0.603. The normalized spacial score (nSPS) is 12.4. The van der Waals surface area contributed by atoms with Crippen molar-refractivity contribution in [1.29, 1.82) is 0 Å². The summed E-state index contributed by atoms with van der Waals surface area (Å²) in [6, 6.07) is 9.75. The van der Waals surface area contributed by atoms with Gasteiger partial charge in [-0.25, -0.2) is 4.39 Å². The highest BCUT2D eigenvalue weighted by Crippen LogP contribution is 2.32. The molecule has 0 radical (unpaired) electrons. The highest BCUT2D eigenvalue weighted by Gasteiger charge is 2.17. The monoisotopic (exact) mass is 375 g/mol. The quantitative estimate of drug-likeness (QED) is 0.732. The third-order valence-electron chi connectivity index (χ3n) is 2.90. The maximum absolute atomic E-state index is 13.5. The van der Waals surface area contributed by atoms with Crippen molar-refractivity contribution in [3.63, 3.8) is 0 Å². The molecule has 106 valence electrons. The molecule has 5 heteroatoms. The molecule has 0 amide bonds. The van der Waals surface area contributed by atoms with Crippen molar-refractivity contribution in [1.82, 2.24) is 5.32 Å². The molecule has 1 atom stereocenters. The van der Waals surface area contributed by atoms with Crippen LogP contribution in [0, 0.1) is 5.82 Å². The van der Waals surface area contributed by atoms with Crippen molar-refractivity contribution in [3.05, 3.63) is 67.9 Å². The highest BCUT2D eigenvalue weighted by molar-refractivity contribution is 9.10. The van der Waals surface area contributed by atoms with Crippen LogP contribution in [-0.2, 0) is 0 Å². The van der Waals surface area contributed by atoms with Gasteiger partial charge in [0.1, 0.15) is 5.82 Å². The van der Waals surface area contributed by atoms with Gasteiger partial charge in [-0.2, -0.15) is 0 Å². The topological polar surface area (TPSA) is 12.0 Å². The average molecular weight is 377 g/mol. The molecule has 0 bridgehead atoms. The lowest BCUT2D eigenvalue weighted by atomic mass is 9.98. The number of hydrogen-bond donors (Lipinski definition) is 1. The van der Waals surface area contributed by atoms with E-state index in [1.165, 1.54) is 12.1 Å². The third-order valence-corrected chi connectivity index (χ3v) is 3.92. The van der Waals surface area contributed by atoms with Crippen LogP contribution in [0.4, 0.5) is 4.39 Å². The third kappa shape index (κ3) is 3.73. The summed E-state index contributed by atoms with van der Waals surface area (Å²) in [5.41, 5.74) is 1.63. The zero-order valence-corrected chi connectivity index (χ0v) is 13.9. The summed E-state index contributed by atoms with van der Waals surface area (Å²) in [5.74, 6) is -0.312. The summed E-state index contributed by atoms with van der Waals surface area (Å²) in [4.78, 5) is 0. The first-order chi connectivity index (χ1) is 9.51. The first-order valence-electron chi connectivity index (χ1n) is 6.15. The lowest BCUT2D eigenvalue weighted by Gasteiger charge is -2.21. The van der Waals surface area contributed by atoms with Gasteiger partial charge in [0.05, 0.1) is 6.04 Å². The molecular weight excluding hydrogens is 364 g/mol. The van der Waals surface area contributed by atoms with Crippen molar-refractivity contribution in [3.8, 4) is 0 Å². The summed E-state index contributed by atoms with van der Waals surface area (Å²) < 4.78 is 14.4. The van der Waals surface area contributed by atoms with Gasteiger partial charge in [-0.1, -0.05) is 46.1 Å². The van der Waals surface area contributed by atoms with Crippen LogP contribution in [0.3, 0.4) is 0 Å². The summed E-state index contributed by atoms with van der Waals surface area (Å²) in [7, 11) is 0. The van der Waals surface area contributed by atoms with Crippen molar-refractivity contribution < 1.29 is 4.39 Å². The maximum Gasteiger partial charge on any atom is 0.123 e. The molecule has 0 aliphatic carbocycles. The second-order valence-electron chi connectivity index (χ2n) is 4.36. The predicted octanol–water partition coefficient (Wildman–Crippen LogP) is 5.59. The molecule has 0 heterocycles. The van der Waals surface area contributed by atoms with Gasteiger partial charge in [0, 0.05) is 14.5 Å². The minimum absolute atomic E-state index is 0.210. The van der Waals surface area contributed by atoms with E-state index in [2.05, 4.69) is 21.2 Å². The van der Waals surface area contributed by atoms with Gasteiger partial charge >= 0.3 is 0 Å². The van der Waals surface area contributed by atoms with Crippen LogP contribution in [0.25, 0.3) is 0 Å². The second-order valence-corrected chi connectivity index (χ2v) is 6.12. The molecule has 0 spiro atoms. The van der Waals surface area contributed by atoms with Gasteiger partial charge in [0.25, 0.3) is 0 Å². The fourth-order valence-corrected chi connectivity index (χ4v) is 3.20. The predicted molar refractivity (Wildman–Crippen MR) is 86.1 cm³/mol. The minimum atomic E-state index is -0.312. The molecule has 2 aromatic carbocycles. The standard InChI is InChI=1S/C15H13BrCl2FN/c1-2-20-15(9-5-10(16)7-11(17)6-9)13-8-12(19)3-4-14(13)18/h3-8,15,20H,2H2,1H3. The molecule has 1 N–H and O–H groups in total. The van der Waals surface area contributed by atoms with Gasteiger partial charge in [0.15, 0.2) is 0 Å². The van der Waals surface area contributed by atoms with E-state index in [-0.39, 0.29) is 11.9 Å². The van der Waals surface area contributed by atoms with Gasteiger partial charge in [-0.05, 0) is 54.1 Å². The molecule has 0 aliphatic heterocycles. The van der Waals surface area contributed by atoms with Crippen molar-refractivity contribution in [2.24, 2.45) is 0 Å². The molecule has 0 aromatic heterocycles. The van der Waals surface area contributed by atoms with E-state index in [9.17, 15) is 4.39 Å². The zero-order valence-electron chi connectivity index (χ0n) is 10.8. The maximum atomic E-state index is 13.5. The smallest absolute Gasteiger partial charge is 0.123 e. The number of halogens is 4. The van der Waals surface area contributed by atoms with Gasteiger partial charge in [-0.3, -0.25) is 0 Å². The Labute approximate surface area is 136 Å². The van der Waals surface area contributed by atoms with E-state index in [1.54, 1.807) is 12.1 Å². The summed E-state index contributed by atoms with van der Waals surface area (Å²) in [6.45, 7) is 2.71. The largest absolute Gasteiger partial charge is 0.306 e. The molecular formula is C15H13BrCl2FN. The van der Waals surface area contributed by atoms with E-state index in [0.29, 0.717) is 15.6 Å². The fourth-order valence-electron chi connectivity index (χ4n) is 2.09.